The van der Waals surface area contributed by atoms with Gasteiger partial charge in [0.05, 0.1) is 11.7 Å². The molecule has 1 saturated heterocycles. The highest BCUT2D eigenvalue weighted by atomic mass is 19.1. The van der Waals surface area contributed by atoms with Gasteiger partial charge in [0, 0.05) is 24.9 Å². The van der Waals surface area contributed by atoms with Crippen LogP contribution >= 0.6 is 0 Å². The van der Waals surface area contributed by atoms with Crippen molar-refractivity contribution in [3.8, 4) is 22.8 Å². The minimum Gasteiger partial charge on any atom is -0.376 e. The average Bonchev–Trinajstić information content (AvgIpc) is 3.54. The molecule has 11 heteroatoms. The van der Waals surface area contributed by atoms with Gasteiger partial charge in [0.15, 0.2) is 5.65 Å². The van der Waals surface area contributed by atoms with E-state index >= 15 is 0 Å². The maximum absolute atomic E-state index is 13.5. The van der Waals surface area contributed by atoms with Crippen molar-refractivity contribution in [1.82, 2.24) is 29.6 Å². The molecule has 5 rings (SSSR count). The maximum atomic E-state index is 13.5. The largest absolute Gasteiger partial charge is 0.376 e. The number of amides is 1. The van der Waals surface area contributed by atoms with Crippen LogP contribution in [0.4, 0.5) is 4.39 Å². The van der Waals surface area contributed by atoms with Gasteiger partial charge in [0.25, 0.3) is 5.89 Å². The third kappa shape index (κ3) is 3.89. The lowest BCUT2D eigenvalue weighted by atomic mass is 10.2. The Morgan fingerprint density at radius 2 is 2.19 bits per heavy atom. The van der Waals surface area contributed by atoms with Crippen LogP contribution in [-0.4, -0.2) is 49.5 Å². The van der Waals surface area contributed by atoms with E-state index in [9.17, 15) is 14.0 Å². The van der Waals surface area contributed by atoms with E-state index in [0.717, 1.165) is 17.5 Å². The average molecular weight is 438 g/mol. The van der Waals surface area contributed by atoms with Crippen LogP contribution in [0.25, 0.3) is 28.5 Å². The molecule has 4 aromatic rings. The summed E-state index contributed by atoms with van der Waals surface area (Å²) in [4.78, 5) is 29.3. The molecule has 1 aromatic carbocycles. The molecule has 1 atom stereocenters. The van der Waals surface area contributed by atoms with Gasteiger partial charge in [0.2, 0.25) is 11.7 Å². The molecule has 3 aromatic heterocycles. The summed E-state index contributed by atoms with van der Waals surface area (Å²) in [6.07, 6.45) is 3.43. The van der Waals surface area contributed by atoms with Crippen LogP contribution in [0.2, 0.25) is 0 Å². The highest BCUT2D eigenvalue weighted by molar-refractivity contribution is 5.76. The number of hydrogen-bond donors (Lipinski definition) is 1. The summed E-state index contributed by atoms with van der Waals surface area (Å²) in [5.74, 6) is -0.426. The topological polar surface area (TPSA) is 117 Å². The Morgan fingerprint density at radius 1 is 1.28 bits per heavy atom. The zero-order valence-corrected chi connectivity index (χ0v) is 16.9. The first kappa shape index (κ1) is 20.1. The van der Waals surface area contributed by atoms with Gasteiger partial charge in [-0.1, -0.05) is 17.3 Å². The maximum Gasteiger partial charge on any atom is 0.350 e. The second-order valence-electron chi connectivity index (χ2n) is 7.43. The summed E-state index contributed by atoms with van der Waals surface area (Å²) >= 11 is 0. The smallest absolute Gasteiger partial charge is 0.350 e. The molecule has 0 radical (unpaired) electrons. The first-order chi connectivity index (χ1) is 15.6. The summed E-state index contributed by atoms with van der Waals surface area (Å²) in [6.45, 7) is 0.869. The fourth-order valence-corrected chi connectivity index (χ4v) is 3.61. The third-order valence-electron chi connectivity index (χ3n) is 5.19. The number of nitrogens with one attached hydrogen (secondary N) is 1. The van der Waals surface area contributed by atoms with E-state index in [1.54, 1.807) is 30.5 Å². The SMILES string of the molecule is O=C(Cn1nc2c(-c3nc(-c4cccc(F)c4)no3)cccn2c1=O)NC[C@@H]1CCCO1. The van der Waals surface area contributed by atoms with E-state index in [1.807, 2.05) is 0 Å². The number of carbonyl (C=O) groups excluding carboxylic acids is 1. The minimum absolute atomic E-state index is 0.00755. The Kier molecular flexibility index (Phi) is 5.23. The number of aromatic nitrogens is 5. The van der Waals surface area contributed by atoms with Crippen molar-refractivity contribution < 1.29 is 18.4 Å². The first-order valence-corrected chi connectivity index (χ1v) is 10.1. The number of pyridine rings is 1. The standard InChI is InChI=1S/C21H19FN6O4/c22-14-5-1-4-13(10-14)18-24-20(32-26-18)16-7-2-8-27-19(16)25-28(21(27)30)12-17(29)23-11-15-6-3-9-31-15/h1-2,4-5,7-8,10,15H,3,6,9,11-12H2,(H,23,29)/t15-/m0/s1. The number of carbonyl (C=O) groups is 1. The van der Waals surface area contributed by atoms with Gasteiger partial charge in [-0.05, 0) is 37.1 Å². The Morgan fingerprint density at radius 3 is 3.00 bits per heavy atom. The minimum atomic E-state index is -0.473. The van der Waals surface area contributed by atoms with Crippen LogP contribution in [0.1, 0.15) is 12.8 Å². The second-order valence-corrected chi connectivity index (χ2v) is 7.43. The molecular formula is C21H19FN6O4. The molecule has 1 aliphatic rings. The summed E-state index contributed by atoms with van der Waals surface area (Å²) in [6, 6.07) is 9.13. The van der Waals surface area contributed by atoms with Crippen molar-refractivity contribution in [2.75, 3.05) is 13.2 Å². The highest BCUT2D eigenvalue weighted by Crippen LogP contribution is 2.24. The molecule has 0 aliphatic carbocycles. The monoisotopic (exact) mass is 438 g/mol. The van der Waals surface area contributed by atoms with Gasteiger partial charge >= 0.3 is 5.69 Å². The number of fused-ring (bicyclic) bond motifs is 1. The van der Waals surface area contributed by atoms with Crippen LogP contribution in [0, 0.1) is 5.82 Å². The molecular weight excluding hydrogens is 419 g/mol. The quantitative estimate of drug-likeness (QED) is 0.486. The van der Waals surface area contributed by atoms with Crippen LogP contribution in [-0.2, 0) is 16.1 Å². The van der Waals surface area contributed by atoms with Gasteiger partial charge in [-0.15, -0.1) is 5.10 Å². The summed E-state index contributed by atoms with van der Waals surface area (Å²) < 4.78 is 26.7. The van der Waals surface area contributed by atoms with Gasteiger partial charge in [-0.2, -0.15) is 4.98 Å². The number of halogens is 1. The second kappa shape index (κ2) is 8.35. The lowest BCUT2D eigenvalue weighted by Gasteiger charge is -2.10. The molecule has 0 saturated carbocycles. The normalized spacial score (nSPS) is 16.0. The molecule has 4 heterocycles. The summed E-state index contributed by atoms with van der Waals surface area (Å²) in [7, 11) is 0. The first-order valence-electron chi connectivity index (χ1n) is 10.1. The predicted molar refractivity (Wildman–Crippen MR) is 110 cm³/mol. The van der Waals surface area contributed by atoms with Crippen LogP contribution in [0.5, 0.6) is 0 Å². The number of hydrogen-bond acceptors (Lipinski definition) is 7. The Balaban J connectivity index is 1.40. The summed E-state index contributed by atoms with van der Waals surface area (Å²) in [5.41, 5.74) is 0.661. The zero-order valence-electron chi connectivity index (χ0n) is 16.9. The van der Waals surface area contributed by atoms with Crippen molar-refractivity contribution in [3.05, 3.63) is 58.9 Å². The van der Waals surface area contributed by atoms with Crippen molar-refractivity contribution in [1.29, 1.82) is 0 Å². The van der Waals surface area contributed by atoms with Gasteiger partial charge in [-0.25, -0.2) is 18.3 Å². The number of rotatable bonds is 6. The van der Waals surface area contributed by atoms with Gasteiger partial charge < -0.3 is 14.6 Å². The Hall–Kier alpha value is -3.86. The highest BCUT2D eigenvalue weighted by Gasteiger charge is 2.20. The van der Waals surface area contributed by atoms with Crippen molar-refractivity contribution in [2.45, 2.75) is 25.5 Å². The van der Waals surface area contributed by atoms with Gasteiger partial charge in [-0.3, -0.25) is 4.79 Å². The molecule has 1 amide bonds. The molecule has 1 fully saturated rings. The van der Waals surface area contributed by atoms with E-state index in [4.69, 9.17) is 9.26 Å². The molecule has 164 valence electrons. The van der Waals surface area contributed by atoms with Crippen molar-refractivity contribution >= 4 is 11.6 Å². The van der Waals surface area contributed by atoms with Crippen LogP contribution in [0.3, 0.4) is 0 Å². The summed E-state index contributed by atoms with van der Waals surface area (Å²) in [5, 5.41) is 11.0. The van der Waals surface area contributed by atoms with E-state index in [1.165, 1.54) is 16.5 Å². The van der Waals surface area contributed by atoms with E-state index in [-0.39, 0.29) is 35.9 Å². The van der Waals surface area contributed by atoms with Crippen LogP contribution < -0.4 is 11.0 Å². The van der Waals surface area contributed by atoms with Crippen molar-refractivity contribution in [2.24, 2.45) is 0 Å². The van der Waals surface area contributed by atoms with E-state index in [0.29, 0.717) is 24.3 Å². The van der Waals surface area contributed by atoms with Crippen LogP contribution in [0.15, 0.2) is 51.9 Å². The molecule has 0 spiro atoms. The number of ether oxygens (including phenoxy) is 1. The lowest BCUT2D eigenvalue weighted by Crippen LogP contribution is -2.36. The molecule has 1 aliphatic heterocycles. The van der Waals surface area contributed by atoms with Gasteiger partial charge in [0.1, 0.15) is 12.4 Å². The predicted octanol–water partition coefficient (Wildman–Crippen LogP) is 1.65. The number of benzene rings is 1. The molecule has 0 bridgehead atoms. The molecule has 10 nitrogen and oxygen atoms in total. The van der Waals surface area contributed by atoms with Crippen molar-refractivity contribution in [3.63, 3.8) is 0 Å². The number of nitrogens with zero attached hydrogens (tertiary/aromatic N) is 5. The fourth-order valence-electron chi connectivity index (χ4n) is 3.61. The Bertz CT molecular complexity index is 1340. The lowest BCUT2D eigenvalue weighted by molar-refractivity contribution is -0.122. The molecule has 0 unspecified atom stereocenters. The van der Waals surface area contributed by atoms with E-state index < -0.39 is 11.5 Å². The molecule has 1 N–H and O–H groups in total. The third-order valence-corrected chi connectivity index (χ3v) is 5.19. The zero-order chi connectivity index (χ0) is 22.1. The molecule has 32 heavy (non-hydrogen) atoms. The Labute approximate surface area is 180 Å². The fraction of sp³-hybridized carbons (Fsp3) is 0.286. The van der Waals surface area contributed by atoms with E-state index in [2.05, 4.69) is 20.6 Å².